The molecule has 1 heterocycles. The van der Waals surface area contributed by atoms with E-state index in [1.165, 1.54) is 5.56 Å². The van der Waals surface area contributed by atoms with Crippen molar-refractivity contribution in [2.45, 2.75) is 6.92 Å². The van der Waals surface area contributed by atoms with E-state index in [2.05, 4.69) is 109 Å². The Labute approximate surface area is 171 Å². The van der Waals surface area contributed by atoms with Gasteiger partial charge in [0.15, 0.2) is 5.76 Å². The zero-order chi connectivity index (χ0) is 16.6. The second-order valence-electron chi connectivity index (χ2n) is 5.27. The molecule has 0 N–H and O–H groups in total. The molecule has 3 rings (SSSR count). The van der Waals surface area contributed by atoms with Gasteiger partial charge in [-0.05, 0) is 70.3 Å². The Balaban J connectivity index is 2.04. The van der Waals surface area contributed by atoms with E-state index >= 15 is 0 Å². The van der Waals surface area contributed by atoms with E-state index in [4.69, 9.17) is 4.42 Å². The molecule has 0 atom stereocenters. The van der Waals surface area contributed by atoms with Gasteiger partial charge in [0.2, 0.25) is 5.88 Å². The summed E-state index contributed by atoms with van der Waals surface area (Å²) in [6.07, 6.45) is 0. The van der Waals surface area contributed by atoms with Crippen LogP contribution < -0.4 is 4.90 Å². The van der Waals surface area contributed by atoms with Crippen LogP contribution in [0.4, 0.5) is 11.6 Å². The van der Waals surface area contributed by atoms with Crippen molar-refractivity contribution < 1.29 is 4.42 Å². The number of rotatable bonds is 3. The average molecular weight is 594 g/mol. The van der Waals surface area contributed by atoms with Gasteiger partial charge in [0, 0.05) is 22.8 Å². The maximum Gasteiger partial charge on any atom is 0.214 e. The summed E-state index contributed by atoms with van der Waals surface area (Å²) in [6.45, 7) is 2.09. The van der Waals surface area contributed by atoms with Crippen molar-refractivity contribution in [2.24, 2.45) is 0 Å². The van der Waals surface area contributed by atoms with Crippen LogP contribution in [-0.2, 0) is 0 Å². The molecular weight excluding hydrogens is 580 g/mol. The van der Waals surface area contributed by atoms with Crippen molar-refractivity contribution in [2.75, 3.05) is 11.9 Å². The fourth-order valence-corrected chi connectivity index (χ4v) is 4.04. The van der Waals surface area contributed by atoms with Gasteiger partial charge in [-0.2, -0.15) is 0 Å². The summed E-state index contributed by atoms with van der Waals surface area (Å²) in [5, 5.41) is 0. The molecule has 23 heavy (non-hydrogen) atoms. The Bertz CT molecular complexity index is 843. The highest BCUT2D eigenvalue weighted by Gasteiger charge is 2.21. The van der Waals surface area contributed by atoms with Gasteiger partial charge in [-0.15, -0.1) is 0 Å². The predicted molar refractivity (Wildman–Crippen MR) is 117 cm³/mol. The van der Waals surface area contributed by atoms with Gasteiger partial charge in [-0.3, -0.25) is 0 Å². The lowest BCUT2D eigenvalue weighted by Gasteiger charge is -2.17. The lowest BCUT2D eigenvalue weighted by atomic mass is 10.1. The van der Waals surface area contributed by atoms with Crippen molar-refractivity contribution in [1.29, 1.82) is 0 Å². The monoisotopic (exact) mass is 593 g/mol. The predicted octanol–water partition coefficient (Wildman–Crippen LogP) is 6.99. The van der Waals surface area contributed by atoms with Crippen LogP contribution >= 0.6 is 61.1 Å². The molecular formula is C18H14BrI2NO. The van der Waals surface area contributed by atoms with Crippen molar-refractivity contribution in [3.8, 4) is 11.3 Å². The summed E-state index contributed by atoms with van der Waals surface area (Å²) in [4.78, 5) is 2.08. The van der Waals surface area contributed by atoms with Gasteiger partial charge >= 0.3 is 0 Å². The SMILES string of the molecule is Cc1ccc(-c2oc(N(C)c3cccc(Br)c3)c(I)c2I)cc1. The smallest absolute Gasteiger partial charge is 0.214 e. The van der Waals surface area contributed by atoms with Gasteiger partial charge in [-0.25, -0.2) is 0 Å². The molecule has 0 fully saturated rings. The largest absolute Gasteiger partial charge is 0.438 e. The quantitative estimate of drug-likeness (QED) is 0.304. The van der Waals surface area contributed by atoms with E-state index in [-0.39, 0.29) is 0 Å². The maximum absolute atomic E-state index is 6.22. The van der Waals surface area contributed by atoms with Crippen LogP contribution in [-0.4, -0.2) is 7.05 Å². The Hall–Kier alpha value is -0.540. The molecule has 0 bridgehead atoms. The Kier molecular flexibility index (Phi) is 5.37. The fourth-order valence-electron chi connectivity index (χ4n) is 2.29. The minimum atomic E-state index is 0.865. The molecule has 3 aromatic rings. The van der Waals surface area contributed by atoms with Gasteiger partial charge < -0.3 is 9.32 Å². The molecule has 0 unspecified atom stereocenters. The minimum absolute atomic E-state index is 0.865. The standard InChI is InChI=1S/C18H14BrI2NO/c1-11-6-8-12(9-7-11)17-15(20)16(21)18(23-17)22(2)14-5-3-4-13(19)10-14/h3-10H,1-2H3. The lowest BCUT2D eigenvalue weighted by molar-refractivity contribution is 0.581. The number of aryl methyl sites for hydroxylation is 1. The van der Waals surface area contributed by atoms with Crippen molar-refractivity contribution in [3.05, 3.63) is 65.7 Å². The summed E-state index contributed by atoms with van der Waals surface area (Å²) in [7, 11) is 2.03. The molecule has 0 spiro atoms. The van der Waals surface area contributed by atoms with Crippen molar-refractivity contribution >= 4 is 72.7 Å². The summed E-state index contributed by atoms with van der Waals surface area (Å²) in [5.41, 5.74) is 3.43. The molecule has 0 aliphatic rings. The van der Waals surface area contributed by atoms with Crippen molar-refractivity contribution in [1.82, 2.24) is 0 Å². The summed E-state index contributed by atoms with van der Waals surface area (Å²) in [5.74, 6) is 1.79. The first-order valence-corrected chi connectivity index (χ1v) is 9.96. The highest BCUT2D eigenvalue weighted by molar-refractivity contribution is 14.1. The Morgan fingerprint density at radius 1 is 1.00 bits per heavy atom. The third-order valence-corrected chi connectivity index (χ3v) is 7.15. The Morgan fingerprint density at radius 3 is 2.35 bits per heavy atom. The molecule has 0 amide bonds. The van der Waals surface area contributed by atoms with Crippen LogP contribution in [0, 0.1) is 14.1 Å². The third kappa shape index (κ3) is 3.61. The minimum Gasteiger partial charge on any atom is -0.438 e. The van der Waals surface area contributed by atoms with E-state index in [0.717, 1.165) is 34.5 Å². The van der Waals surface area contributed by atoms with Crippen LogP contribution in [0.15, 0.2) is 57.4 Å². The summed E-state index contributed by atoms with van der Waals surface area (Å²) >= 11 is 8.24. The van der Waals surface area contributed by atoms with E-state index in [9.17, 15) is 0 Å². The number of furan rings is 1. The Morgan fingerprint density at radius 2 is 1.70 bits per heavy atom. The molecule has 118 valence electrons. The highest BCUT2D eigenvalue weighted by atomic mass is 127. The van der Waals surface area contributed by atoms with Crippen LogP contribution in [0.25, 0.3) is 11.3 Å². The van der Waals surface area contributed by atoms with Crippen molar-refractivity contribution in [3.63, 3.8) is 0 Å². The number of halogens is 3. The van der Waals surface area contributed by atoms with Gasteiger partial charge in [0.25, 0.3) is 0 Å². The van der Waals surface area contributed by atoms with E-state index in [1.807, 2.05) is 19.2 Å². The summed E-state index contributed by atoms with van der Waals surface area (Å²) < 4.78 is 9.54. The number of hydrogen-bond donors (Lipinski definition) is 0. The molecule has 2 aromatic carbocycles. The highest BCUT2D eigenvalue weighted by Crippen LogP contribution is 2.40. The van der Waals surface area contributed by atoms with Crippen LogP contribution in [0.3, 0.4) is 0 Å². The normalized spacial score (nSPS) is 10.8. The van der Waals surface area contributed by atoms with E-state index in [1.54, 1.807) is 0 Å². The number of benzene rings is 2. The van der Waals surface area contributed by atoms with Gasteiger partial charge in [-0.1, -0.05) is 51.8 Å². The molecule has 0 aliphatic heterocycles. The maximum atomic E-state index is 6.22. The lowest BCUT2D eigenvalue weighted by Crippen LogP contribution is -2.09. The molecule has 5 heteroatoms. The second kappa shape index (κ2) is 7.14. The van der Waals surface area contributed by atoms with E-state index in [0.29, 0.717) is 0 Å². The first kappa shape index (κ1) is 17.3. The third-order valence-electron chi connectivity index (χ3n) is 3.59. The fraction of sp³-hybridized carbons (Fsp3) is 0.111. The average Bonchev–Trinajstić information content (AvgIpc) is 2.84. The molecule has 0 radical (unpaired) electrons. The number of nitrogens with zero attached hydrogens (tertiary/aromatic N) is 1. The van der Waals surface area contributed by atoms with Crippen LogP contribution in [0.1, 0.15) is 5.56 Å². The number of hydrogen-bond acceptors (Lipinski definition) is 2. The van der Waals surface area contributed by atoms with Crippen LogP contribution in [0.2, 0.25) is 0 Å². The first-order valence-electron chi connectivity index (χ1n) is 7.01. The van der Waals surface area contributed by atoms with Gasteiger partial charge in [0.1, 0.15) is 0 Å². The molecule has 0 saturated heterocycles. The zero-order valence-electron chi connectivity index (χ0n) is 12.6. The summed E-state index contributed by atoms with van der Waals surface area (Å²) in [6, 6.07) is 16.6. The molecule has 1 aromatic heterocycles. The van der Waals surface area contributed by atoms with E-state index < -0.39 is 0 Å². The molecule has 0 saturated carbocycles. The zero-order valence-corrected chi connectivity index (χ0v) is 18.5. The topological polar surface area (TPSA) is 16.4 Å². The first-order chi connectivity index (χ1) is 11.0. The van der Waals surface area contributed by atoms with Crippen LogP contribution in [0.5, 0.6) is 0 Å². The molecule has 2 nitrogen and oxygen atoms in total. The molecule has 0 aliphatic carbocycles. The van der Waals surface area contributed by atoms with Gasteiger partial charge in [0.05, 0.1) is 7.14 Å². The number of anilines is 2. The second-order valence-corrected chi connectivity index (χ2v) is 8.34.